The van der Waals surface area contributed by atoms with Gasteiger partial charge in [0.25, 0.3) is 0 Å². The molecule has 1 unspecified atom stereocenters. The number of guanidine groups is 1. The van der Waals surface area contributed by atoms with E-state index in [1.54, 1.807) is 25.5 Å². The van der Waals surface area contributed by atoms with Crippen LogP contribution in [0.5, 0.6) is 5.75 Å². The summed E-state index contributed by atoms with van der Waals surface area (Å²) in [7, 11) is 3.44. The number of ether oxygens (including phenoxy) is 1. The van der Waals surface area contributed by atoms with E-state index >= 15 is 0 Å². The maximum absolute atomic E-state index is 5.42. The Hall–Kier alpha value is -1.81. The topological polar surface area (TPSA) is 63.0 Å². The van der Waals surface area contributed by atoms with Crippen molar-refractivity contribution in [3.8, 4) is 5.75 Å². The molecule has 0 saturated heterocycles. The Kier molecular flexibility index (Phi) is 7.06. The van der Waals surface area contributed by atoms with Crippen LogP contribution in [-0.4, -0.2) is 29.5 Å². The van der Waals surface area contributed by atoms with Crippen LogP contribution in [0.1, 0.15) is 24.2 Å². The fourth-order valence-corrected chi connectivity index (χ4v) is 3.26. The average molecular weight is 471 g/mol. The lowest BCUT2D eigenvalue weighted by atomic mass is 10.1. The highest BCUT2D eigenvalue weighted by Gasteiger charge is 2.12. The Balaban J connectivity index is 0.00000225. The summed E-state index contributed by atoms with van der Waals surface area (Å²) >= 11 is 1.62. The number of imidazole rings is 1. The van der Waals surface area contributed by atoms with Gasteiger partial charge in [0.2, 0.25) is 0 Å². The molecule has 2 aromatic heterocycles. The number of methoxy groups -OCH3 is 1. The predicted octanol–water partition coefficient (Wildman–Crippen LogP) is 3.45. The van der Waals surface area contributed by atoms with E-state index in [-0.39, 0.29) is 30.0 Å². The first-order valence-corrected chi connectivity index (χ1v) is 8.60. The number of thiazole rings is 1. The van der Waals surface area contributed by atoms with Crippen molar-refractivity contribution in [2.75, 3.05) is 14.2 Å². The van der Waals surface area contributed by atoms with Crippen LogP contribution in [0.2, 0.25) is 0 Å². The highest BCUT2D eigenvalue weighted by Crippen LogP contribution is 2.24. The van der Waals surface area contributed by atoms with Crippen LogP contribution in [0.3, 0.4) is 0 Å². The molecule has 0 fully saturated rings. The van der Waals surface area contributed by atoms with E-state index in [0.717, 1.165) is 27.9 Å². The standard InChI is InChI=1S/C17H21N5OS.HI/c1-12(14-6-4-5-7-15(14)23-3)20-16(18-2)19-10-13-11-22-8-9-24-17(22)21-13;/h4-9,11-12H,10H2,1-3H3,(H2,18,19,20);1H. The van der Waals surface area contributed by atoms with E-state index in [0.29, 0.717) is 6.54 Å². The van der Waals surface area contributed by atoms with Gasteiger partial charge in [0.1, 0.15) is 5.75 Å². The fraction of sp³-hybridized carbons (Fsp3) is 0.294. The molecule has 0 saturated carbocycles. The number of nitrogens with one attached hydrogen (secondary N) is 2. The van der Waals surface area contributed by atoms with Crippen molar-refractivity contribution >= 4 is 46.2 Å². The summed E-state index contributed by atoms with van der Waals surface area (Å²) in [4.78, 5) is 9.84. The summed E-state index contributed by atoms with van der Waals surface area (Å²) in [6, 6.07) is 8.05. The molecular formula is C17H22IN5OS. The molecule has 0 radical (unpaired) electrons. The maximum atomic E-state index is 5.42. The highest BCUT2D eigenvalue weighted by atomic mass is 127. The van der Waals surface area contributed by atoms with Crippen LogP contribution >= 0.6 is 35.3 Å². The second-order valence-corrected chi connectivity index (χ2v) is 6.23. The number of aromatic nitrogens is 2. The lowest BCUT2D eigenvalue weighted by Gasteiger charge is -2.19. The summed E-state index contributed by atoms with van der Waals surface area (Å²) in [6.45, 7) is 2.70. The SMILES string of the molecule is CN=C(NCc1cn2ccsc2n1)NC(C)c1ccccc1OC.I. The van der Waals surface area contributed by atoms with Gasteiger partial charge in [-0.1, -0.05) is 18.2 Å². The van der Waals surface area contributed by atoms with E-state index in [2.05, 4.69) is 27.5 Å². The van der Waals surface area contributed by atoms with E-state index < -0.39 is 0 Å². The predicted molar refractivity (Wildman–Crippen MR) is 113 cm³/mol. The molecule has 0 aliphatic heterocycles. The normalized spacial score (nSPS) is 12.5. The van der Waals surface area contributed by atoms with E-state index in [1.165, 1.54) is 0 Å². The number of nitrogens with zero attached hydrogens (tertiary/aromatic N) is 3. The van der Waals surface area contributed by atoms with Gasteiger partial charge in [-0.05, 0) is 13.0 Å². The molecule has 0 amide bonds. The third-order valence-electron chi connectivity index (χ3n) is 3.76. The van der Waals surface area contributed by atoms with Crippen molar-refractivity contribution in [3.05, 3.63) is 53.3 Å². The molecule has 3 rings (SSSR count). The van der Waals surface area contributed by atoms with Gasteiger partial charge in [0.05, 0.1) is 25.4 Å². The van der Waals surface area contributed by atoms with Crippen LogP contribution in [0.4, 0.5) is 0 Å². The fourth-order valence-electron chi connectivity index (χ4n) is 2.54. The number of para-hydroxylation sites is 1. The lowest BCUT2D eigenvalue weighted by Crippen LogP contribution is -2.38. The Morgan fingerprint density at radius 3 is 2.92 bits per heavy atom. The number of rotatable bonds is 5. The summed E-state index contributed by atoms with van der Waals surface area (Å²) < 4.78 is 7.45. The molecule has 1 atom stereocenters. The van der Waals surface area contributed by atoms with Crippen molar-refractivity contribution in [1.82, 2.24) is 20.0 Å². The minimum atomic E-state index is 0. The smallest absolute Gasteiger partial charge is 0.193 e. The van der Waals surface area contributed by atoms with Gasteiger partial charge in [-0.25, -0.2) is 4.98 Å². The van der Waals surface area contributed by atoms with Crippen LogP contribution in [0.25, 0.3) is 4.96 Å². The van der Waals surface area contributed by atoms with Gasteiger partial charge in [-0.3, -0.25) is 9.39 Å². The molecule has 0 aliphatic carbocycles. The largest absolute Gasteiger partial charge is 0.496 e. The van der Waals surface area contributed by atoms with Crippen LogP contribution in [0, 0.1) is 0 Å². The second-order valence-electron chi connectivity index (χ2n) is 5.36. The molecule has 6 nitrogen and oxygen atoms in total. The van der Waals surface area contributed by atoms with E-state index in [4.69, 9.17) is 4.74 Å². The van der Waals surface area contributed by atoms with Crippen molar-refractivity contribution in [3.63, 3.8) is 0 Å². The number of hydrogen-bond acceptors (Lipinski definition) is 4. The van der Waals surface area contributed by atoms with Gasteiger partial charge >= 0.3 is 0 Å². The number of fused-ring (bicyclic) bond motifs is 1. The molecule has 0 spiro atoms. The van der Waals surface area contributed by atoms with E-state index in [1.807, 2.05) is 46.4 Å². The van der Waals surface area contributed by atoms with Gasteiger partial charge in [-0.2, -0.15) is 0 Å². The molecule has 2 heterocycles. The molecule has 25 heavy (non-hydrogen) atoms. The van der Waals surface area contributed by atoms with Gasteiger partial charge < -0.3 is 15.4 Å². The van der Waals surface area contributed by atoms with Crippen molar-refractivity contribution in [1.29, 1.82) is 0 Å². The number of halogens is 1. The Labute approximate surface area is 168 Å². The molecule has 0 bridgehead atoms. The molecular weight excluding hydrogens is 449 g/mol. The zero-order valence-electron chi connectivity index (χ0n) is 14.4. The van der Waals surface area contributed by atoms with Gasteiger partial charge in [0.15, 0.2) is 10.9 Å². The zero-order valence-corrected chi connectivity index (χ0v) is 17.5. The molecule has 8 heteroatoms. The molecule has 134 valence electrons. The third-order valence-corrected chi connectivity index (χ3v) is 4.53. The summed E-state index contributed by atoms with van der Waals surface area (Å²) in [5.41, 5.74) is 2.07. The third kappa shape index (κ3) is 4.63. The summed E-state index contributed by atoms with van der Waals surface area (Å²) in [6.07, 6.45) is 4.03. The van der Waals surface area contributed by atoms with Crippen LogP contribution < -0.4 is 15.4 Å². The van der Waals surface area contributed by atoms with Crippen molar-refractivity contribution in [2.24, 2.45) is 4.99 Å². The van der Waals surface area contributed by atoms with Gasteiger partial charge in [-0.15, -0.1) is 35.3 Å². The maximum Gasteiger partial charge on any atom is 0.193 e. The van der Waals surface area contributed by atoms with Crippen LogP contribution in [0.15, 0.2) is 47.0 Å². The Morgan fingerprint density at radius 2 is 2.20 bits per heavy atom. The first kappa shape index (κ1) is 19.5. The van der Waals surface area contributed by atoms with Gasteiger partial charge in [0, 0.05) is 30.4 Å². The average Bonchev–Trinajstić information content (AvgIpc) is 3.19. The van der Waals surface area contributed by atoms with Crippen molar-refractivity contribution < 1.29 is 4.74 Å². The molecule has 1 aromatic carbocycles. The second kappa shape index (κ2) is 9.04. The Bertz CT molecular complexity index is 816. The van der Waals surface area contributed by atoms with E-state index in [9.17, 15) is 0 Å². The number of benzene rings is 1. The summed E-state index contributed by atoms with van der Waals surface area (Å²) in [5.74, 6) is 1.59. The minimum Gasteiger partial charge on any atom is -0.496 e. The molecule has 2 N–H and O–H groups in total. The first-order valence-electron chi connectivity index (χ1n) is 7.72. The lowest BCUT2D eigenvalue weighted by molar-refractivity contribution is 0.405. The number of hydrogen-bond donors (Lipinski definition) is 2. The van der Waals surface area contributed by atoms with Crippen LogP contribution in [-0.2, 0) is 6.54 Å². The zero-order chi connectivity index (χ0) is 16.9. The highest BCUT2D eigenvalue weighted by molar-refractivity contribution is 14.0. The first-order chi connectivity index (χ1) is 11.7. The quantitative estimate of drug-likeness (QED) is 0.340. The molecule has 3 aromatic rings. The monoisotopic (exact) mass is 471 g/mol. The molecule has 0 aliphatic rings. The minimum absolute atomic E-state index is 0. The summed E-state index contributed by atoms with van der Waals surface area (Å²) in [5, 5.41) is 8.71. The number of aliphatic imine (C=N–C) groups is 1. The van der Waals surface area contributed by atoms with Crippen molar-refractivity contribution in [2.45, 2.75) is 19.5 Å². The Morgan fingerprint density at radius 1 is 1.40 bits per heavy atom.